The van der Waals surface area contributed by atoms with Crippen LogP contribution >= 0.6 is 11.3 Å². The number of hydrogen-bond donors (Lipinski definition) is 2. The molecule has 2 amide bonds. The van der Waals surface area contributed by atoms with Crippen molar-refractivity contribution < 1.29 is 14.5 Å². The number of anilines is 1. The highest BCUT2D eigenvalue weighted by Crippen LogP contribution is 2.30. The van der Waals surface area contributed by atoms with Crippen LogP contribution in [0.15, 0.2) is 41.8 Å². The Hall–Kier alpha value is -2.78. The van der Waals surface area contributed by atoms with E-state index in [1.54, 1.807) is 11.3 Å². The van der Waals surface area contributed by atoms with E-state index in [0.29, 0.717) is 24.7 Å². The van der Waals surface area contributed by atoms with Crippen LogP contribution in [-0.4, -0.2) is 47.8 Å². The van der Waals surface area contributed by atoms with Gasteiger partial charge < -0.3 is 15.5 Å². The summed E-state index contributed by atoms with van der Waals surface area (Å²) in [6.45, 7) is 3.06. The van der Waals surface area contributed by atoms with Gasteiger partial charge in [-0.25, -0.2) is 0 Å². The third kappa shape index (κ3) is 5.37. The first-order valence-corrected chi connectivity index (χ1v) is 10.0. The zero-order valence-electron chi connectivity index (χ0n) is 15.3. The Morgan fingerprint density at radius 3 is 2.46 bits per heavy atom. The van der Waals surface area contributed by atoms with Crippen molar-refractivity contribution in [2.24, 2.45) is 0 Å². The van der Waals surface area contributed by atoms with Gasteiger partial charge in [0.05, 0.1) is 4.92 Å². The van der Waals surface area contributed by atoms with E-state index in [-0.39, 0.29) is 5.69 Å². The fourth-order valence-electron chi connectivity index (χ4n) is 3.23. The van der Waals surface area contributed by atoms with E-state index < -0.39 is 16.7 Å². The van der Waals surface area contributed by atoms with Crippen molar-refractivity contribution in [2.45, 2.75) is 18.8 Å². The number of nitro groups is 1. The van der Waals surface area contributed by atoms with Gasteiger partial charge in [0.15, 0.2) is 0 Å². The van der Waals surface area contributed by atoms with Crippen LogP contribution in [0.25, 0.3) is 0 Å². The lowest BCUT2D eigenvalue weighted by Crippen LogP contribution is -2.42. The molecule has 9 heteroatoms. The molecule has 0 spiro atoms. The van der Waals surface area contributed by atoms with Gasteiger partial charge in [-0.3, -0.25) is 19.7 Å². The summed E-state index contributed by atoms with van der Waals surface area (Å²) in [6, 6.07) is 9.60. The third-order valence-electron chi connectivity index (χ3n) is 4.79. The average molecular weight is 402 g/mol. The lowest BCUT2D eigenvalue weighted by atomic mass is 9.95. The van der Waals surface area contributed by atoms with Crippen LogP contribution in [0.4, 0.5) is 11.4 Å². The molecule has 0 radical (unpaired) electrons. The molecule has 1 aromatic heterocycles. The van der Waals surface area contributed by atoms with Gasteiger partial charge in [0, 0.05) is 35.8 Å². The second kappa shape index (κ2) is 9.43. The van der Waals surface area contributed by atoms with Crippen LogP contribution in [0.3, 0.4) is 0 Å². The molecule has 2 N–H and O–H groups in total. The molecule has 0 aliphatic carbocycles. The van der Waals surface area contributed by atoms with Crippen molar-refractivity contribution in [3.05, 3.63) is 56.8 Å². The molecule has 0 unspecified atom stereocenters. The molecule has 0 saturated carbocycles. The highest BCUT2D eigenvalue weighted by Gasteiger charge is 2.21. The lowest BCUT2D eigenvalue weighted by Gasteiger charge is -2.31. The maximum Gasteiger partial charge on any atom is 0.313 e. The molecule has 0 atom stereocenters. The summed E-state index contributed by atoms with van der Waals surface area (Å²) < 4.78 is 0. The van der Waals surface area contributed by atoms with Gasteiger partial charge in [-0.2, -0.15) is 0 Å². The summed E-state index contributed by atoms with van der Waals surface area (Å²) in [5, 5.41) is 17.8. The van der Waals surface area contributed by atoms with Gasteiger partial charge in [-0.15, -0.1) is 11.3 Å². The van der Waals surface area contributed by atoms with E-state index in [0.717, 1.165) is 25.9 Å². The molecule has 3 rings (SSSR count). The largest absolute Gasteiger partial charge is 0.347 e. The summed E-state index contributed by atoms with van der Waals surface area (Å²) >= 11 is 1.81. The van der Waals surface area contributed by atoms with Gasteiger partial charge in [0.25, 0.3) is 5.69 Å². The summed E-state index contributed by atoms with van der Waals surface area (Å²) in [5.74, 6) is -0.879. The molecule has 28 heavy (non-hydrogen) atoms. The number of piperidine rings is 1. The Balaban J connectivity index is 1.36. The third-order valence-corrected chi connectivity index (χ3v) is 5.82. The first kappa shape index (κ1) is 20.0. The van der Waals surface area contributed by atoms with Crippen LogP contribution in [0.1, 0.15) is 23.6 Å². The number of benzene rings is 1. The van der Waals surface area contributed by atoms with Crippen molar-refractivity contribution in [1.82, 2.24) is 10.2 Å². The molecule has 2 heterocycles. The van der Waals surface area contributed by atoms with Crippen LogP contribution in [0.2, 0.25) is 0 Å². The maximum atomic E-state index is 11.9. The van der Waals surface area contributed by atoms with E-state index >= 15 is 0 Å². The minimum absolute atomic E-state index is 0.0784. The van der Waals surface area contributed by atoms with Crippen molar-refractivity contribution in [1.29, 1.82) is 0 Å². The van der Waals surface area contributed by atoms with Crippen LogP contribution in [0.5, 0.6) is 0 Å². The number of nitrogens with one attached hydrogen (secondary N) is 2. The highest BCUT2D eigenvalue weighted by atomic mass is 32.1. The minimum atomic E-state index is -0.787. The molecular weight excluding hydrogens is 380 g/mol. The molecule has 1 aromatic carbocycles. The van der Waals surface area contributed by atoms with Crippen molar-refractivity contribution in [3.8, 4) is 0 Å². The van der Waals surface area contributed by atoms with E-state index in [1.165, 1.54) is 29.1 Å². The van der Waals surface area contributed by atoms with Crippen LogP contribution in [0, 0.1) is 10.1 Å². The van der Waals surface area contributed by atoms with Gasteiger partial charge in [0.2, 0.25) is 0 Å². The van der Waals surface area contributed by atoms with Crippen molar-refractivity contribution >= 4 is 34.5 Å². The Morgan fingerprint density at radius 1 is 1.14 bits per heavy atom. The summed E-state index contributed by atoms with van der Waals surface area (Å²) in [6.07, 6.45) is 2.21. The topological polar surface area (TPSA) is 105 Å². The number of carbonyl (C=O) groups excluding carboxylic acids is 2. The molecule has 0 bridgehead atoms. The number of amides is 2. The molecular formula is C19H22N4O4S. The number of nitrogens with zero attached hydrogens (tertiary/aromatic N) is 2. The lowest BCUT2D eigenvalue weighted by molar-refractivity contribution is -0.384. The predicted octanol–water partition coefficient (Wildman–Crippen LogP) is 2.59. The Labute approximate surface area is 166 Å². The minimum Gasteiger partial charge on any atom is -0.347 e. The van der Waals surface area contributed by atoms with E-state index in [4.69, 9.17) is 0 Å². The second-order valence-corrected chi connectivity index (χ2v) is 7.62. The zero-order chi connectivity index (χ0) is 19.9. The number of nitro benzene ring substituents is 1. The summed E-state index contributed by atoms with van der Waals surface area (Å²) in [7, 11) is 0. The second-order valence-electron chi connectivity index (χ2n) is 6.65. The number of carbonyl (C=O) groups is 2. The van der Waals surface area contributed by atoms with Gasteiger partial charge >= 0.3 is 11.8 Å². The standard InChI is InChI=1S/C19H22N4O4S/c24-18(19(25)21-15-3-5-16(6-4-15)23(26)27)20-9-12-22-10-7-14(8-11-22)17-2-1-13-28-17/h1-6,13-14H,7-12H2,(H,20,24)(H,21,25). The molecule has 1 aliphatic heterocycles. The van der Waals surface area contributed by atoms with Crippen molar-refractivity contribution in [2.75, 3.05) is 31.5 Å². The Morgan fingerprint density at radius 2 is 1.86 bits per heavy atom. The molecule has 148 valence electrons. The molecule has 1 saturated heterocycles. The number of non-ortho nitro benzene ring substituents is 1. The first-order chi connectivity index (χ1) is 13.5. The SMILES string of the molecule is O=C(NCCN1CCC(c2cccs2)CC1)C(=O)Nc1ccc([N+](=O)[O-])cc1. The van der Waals surface area contributed by atoms with E-state index in [9.17, 15) is 19.7 Å². The molecule has 2 aromatic rings. The summed E-state index contributed by atoms with van der Waals surface area (Å²) in [4.78, 5) is 37.7. The number of likely N-dealkylation sites (tertiary alicyclic amines) is 1. The van der Waals surface area contributed by atoms with E-state index in [1.807, 2.05) is 0 Å². The molecule has 1 aliphatic rings. The van der Waals surface area contributed by atoms with Crippen LogP contribution in [-0.2, 0) is 9.59 Å². The first-order valence-electron chi connectivity index (χ1n) is 9.12. The zero-order valence-corrected chi connectivity index (χ0v) is 16.1. The van der Waals surface area contributed by atoms with Crippen molar-refractivity contribution in [3.63, 3.8) is 0 Å². The fraction of sp³-hybridized carbons (Fsp3) is 0.368. The molecule has 8 nitrogen and oxygen atoms in total. The van der Waals surface area contributed by atoms with Crippen LogP contribution < -0.4 is 10.6 Å². The quantitative estimate of drug-likeness (QED) is 0.439. The number of hydrogen-bond acceptors (Lipinski definition) is 6. The number of rotatable bonds is 6. The normalized spacial score (nSPS) is 15.1. The summed E-state index contributed by atoms with van der Waals surface area (Å²) in [5.41, 5.74) is 0.256. The van der Waals surface area contributed by atoms with E-state index in [2.05, 4.69) is 33.0 Å². The monoisotopic (exact) mass is 402 g/mol. The highest BCUT2D eigenvalue weighted by molar-refractivity contribution is 7.10. The smallest absolute Gasteiger partial charge is 0.313 e. The number of thiophene rings is 1. The Kier molecular flexibility index (Phi) is 6.72. The Bertz CT molecular complexity index is 815. The fourth-order valence-corrected chi connectivity index (χ4v) is 4.13. The maximum absolute atomic E-state index is 11.9. The van der Waals surface area contributed by atoms with Gasteiger partial charge in [-0.05, 0) is 55.4 Å². The molecule has 1 fully saturated rings. The average Bonchev–Trinajstić information content (AvgIpc) is 3.23. The van der Waals surface area contributed by atoms with Gasteiger partial charge in [0.1, 0.15) is 0 Å². The predicted molar refractivity (Wildman–Crippen MR) is 107 cm³/mol. The van der Waals surface area contributed by atoms with Gasteiger partial charge in [-0.1, -0.05) is 6.07 Å².